The van der Waals surface area contributed by atoms with Crippen LogP contribution in [0.1, 0.15) is 78.1 Å². The van der Waals surface area contributed by atoms with Crippen molar-refractivity contribution in [2.45, 2.75) is 95.9 Å². The Balaban J connectivity index is 1.07. The molecule has 5 rings (SSSR count). The third kappa shape index (κ3) is 4.83. The summed E-state index contributed by atoms with van der Waals surface area (Å²) in [5, 5.41) is 14.1. The first-order valence-corrected chi connectivity index (χ1v) is 13.6. The smallest absolute Gasteiger partial charge is 0.254 e. The Labute approximate surface area is 199 Å². The van der Waals surface area contributed by atoms with E-state index in [1.54, 1.807) is 4.90 Å². The summed E-state index contributed by atoms with van der Waals surface area (Å²) in [6.45, 7) is 9.52. The van der Waals surface area contributed by atoms with Crippen molar-refractivity contribution in [1.29, 1.82) is 0 Å². The van der Waals surface area contributed by atoms with Gasteiger partial charge in [0.1, 0.15) is 5.60 Å². The molecule has 5 aliphatic rings. The minimum atomic E-state index is -1.10. The van der Waals surface area contributed by atoms with Crippen molar-refractivity contribution >= 4 is 11.8 Å². The molecule has 0 aromatic rings. The molecule has 3 atom stereocenters. The number of rotatable bonds is 5. The highest BCUT2D eigenvalue weighted by atomic mass is 16.3. The highest BCUT2D eigenvalue weighted by Crippen LogP contribution is 2.42. The molecule has 2 amide bonds. The SMILES string of the molecule is CCCC1(C)CCN2CC(C3CCC(C(=O)N4CCN(C(=O)C5(O)CC5)CC4)CC3)NC2C1. The molecule has 0 bridgehead atoms. The van der Waals surface area contributed by atoms with Gasteiger partial charge in [-0.2, -0.15) is 0 Å². The highest BCUT2D eigenvalue weighted by molar-refractivity contribution is 5.88. The number of piperazine rings is 1. The van der Waals surface area contributed by atoms with E-state index in [9.17, 15) is 14.7 Å². The number of piperidine rings is 1. The van der Waals surface area contributed by atoms with Gasteiger partial charge >= 0.3 is 0 Å². The van der Waals surface area contributed by atoms with Crippen LogP contribution in [-0.2, 0) is 9.59 Å². The Morgan fingerprint density at radius 2 is 1.64 bits per heavy atom. The molecule has 5 fully saturated rings. The molecule has 3 unspecified atom stereocenters. The van der Waals surface area contributed by atoms with Crippen LogP contribution in [0.15, 0.2) is 0 Å². The van der Waals surface area contributed by atoms with Crippen LogP contribution in [0.25, 0.3) is 0 Å². The molecule has 0 aromatic heterocycles. The Morgan fingerprint density at radius 3 is 2.27 bits per heavy atom. The zero-order valence-corrected chi connectivity index (χ0v) is 20.7. The fourth-order valence-electron chi connectivity index (χ4n) is 7.10. The van der Waals surface area contributed by atoms with Crippen LogP contribution in [0.2, 0.25) is 0 Å². The Kier molecular flexibility index (Phi) is 6.51. The first-order chi connectivity index (χ1) is 15.8. The van der Waals surface area contributed by atoms with Gasteiger partial charge in [-0.15, -0.1) is 0 Å². The second-order valence-corrected chi connectivity index (χ2v) is 12.1. The third-order valence-electron chi connectivity index (χ3n) is 9.51. The molecule has 3 heterocycles. The fraction of sp³-hybridized carbons (Fsp3) is 0.923. The summed E-state index contributed by atoms with van der Waals surface area (Å²) in [7, 11) is 0. The van der Waals surface area contributed by atoms with Gasteiger partial charge in [0, 0.05) is 51.2 Å². The van der Waals surface area contributed by atoms with Gasteiger partial charge in [-0.05, 0) is 69.1 Å². The highest BCUT2D eigenvalue weighted by Gasteiger charge is 2.50. The van der Waals surface area contributed by atoms with Crippen LogP contribution in [-0.4, -0.2) is 88.7 Å². The first-order valence-electron chi connectivity index (χ1n) is 13.6. The van der Waals surface area contributed by atoms with Crippen LogP contribution in [0.3, 0.4) is 0 Å². The molecule has 186 valence electrons. The second-order valence-electron chi connectivity index (χ2n) is 12.1. The van der Waals surface area contributed by atoms with Crippen molar-refractivity contribution in [1.82, 2.24) is 20.0 Å². The molecule has 3 aliphatic heterocycles. The maximum absolute atomic E-state index is 13.2. The maximum Gasteiger partial charge on any atom is 0.254 e. The topological polar surface area (TPSA) is 76.1 Å². The molecule has 33 heavy (non-hydrogen) atoms. The van der Waals surface area contributed by atoms with Crippen LogP contribution >= 0.6 is 0 Å². The molecular weight excluding hydrogens is 416 g/mol. The Morgan fingerprint density at radius 1 is 0.970 bits per heavy atom. The first kappa shape index (κ1) is 23.6. The van der Waals surface area contributed by atoms with Crippen LogP contribution in [0.4, 0.5) is 0 Å². The van der Waals surface area contributed by atoms with E-state index < -0.39 is 5.60 Å². The van der Waals surface area contributed by atoms with E-state index in [0.29, 0.717) is 62.6 Å². The monoisotopic (exact) mass is 460 g/mol. The van der Waals surface area contributed by atoms with Crippen molar-refractivity contribution in [3.8, 4) is 0 Å². The number of carbonyl (C=O) groups is 2. The normalized spacial score (nSPS) is 38.8. The summed E-state index contributed by atoms with van der Waals surface area (Å²) < 4.78 is 0. The van der Waals surface area contributed by atoms with E-state index in [-0.39, 0.29) is 17.7 Å². The lowest BCUT2D eigenvalue weighted by Crippen LogP contribution is -2.54. The van der Waals surface area contributed by atoms with Crippen LogP contribution in [0, 0.1) is 17.3 Å². The summed E-state index contributed by atoms with van der Waals surface area (Å²) in [5.74, 6) is 0.988. The number of aliphatic hydroxyl groups is 1. The molecule has 0 radical (unpaired) electrons. The minimum absolute atomic E-state index is 0.134. The zero-order chi connectivity index (χ0) is 23.2. The molecule has 2 aliphatic carbocycles. The van der Waals surface area contributed by atoms with E-state index in [4.69, 9.17) is 0 Å². The van der Waals surface area contributed by atoms with E-state index in [2.05, 4.69) is 24.1 Å². The number of nitrogens with one attached hydrogen (secondary N) is 1. The molecule has 2 saturated carbocycles. The predicted molar refractivity (Wildman–Crippen MR) is 127 cm³/mol. The Bertz CT molecular complexity index is 740. The van der Waals surface area contributed by atoms with E-state index in [0.717, 1.165) is 25.7 Å². The van der Waals surface area contributed by atoms with Crippen molar-refractivity contribution in [2.24, 2.45) is 17.3 Å². The average molecular weight is 461 g/mol. The fourth-order valence-corrected chi connectivity index (χ4v) is 7.10. The predicted octanol–water partition coefficient (Wildman–Crippen LogP) is 2.19. The summed E-state index contributed by atoms with van der Waals surface area (Å²) in [5.41, 5.74) is -0.603. The lowest BCUT2D eigenvalue weighted by atomic mass is 9.76. The molecule has 2 N–H and O–H groups in total. The van der Waals surface area contributed by atoms with Gasteiger partial charge in [-0.25, -0.2) is 0 Å². The van der Waals surface area contributed by atoms with Crippen molar-refractivity contribution < 1.29 is 14.7 Å². The number of nitrogens with zero attached hydrogens (tertiary/aromatic N) is 3. The van der Waals surface area contributed by atoms with Gasteiger partial charge in [0.25, 0.3) is 5.91 Å². The van der Waals surface area contributed by atoms with Crippen molar-refractivity contribution in [3.05, 3.63) is 0 Å². The van der Waals surface area contributed by atoms with Crippen LogP contribution < -0.4 is 5.32 Å². The van der Waals surface area contributed by atoms with Crippen LogP contribution in [0.5, 0.6) is 0 Å². The quantitative estimate of drug-likeness (QED) is 0.658. The van der Waals surface area contributed by atoms with E-state index >= 15 is 0 Å². The van der Waals surface area contributed by atoms with E-state index in [1.807, 2.05) is 4.90 Å². The molecular formula is C26H44N4O3. The molecule has 3 saturated heterocycles. The molecule has 7 heteroatoms. The molecule has 0 spiro atoms. The second kappa shape index (κ2) is 9.12. The summed E-state index contributed by atoms with van der Waals surface area (Å²) in [4.78, 5) is 31.9. The minimum Gasteiger partial charge on any atom is -0.380 e. The maximum atomic E-state index is 13.2. The third-order valence-corrected chi connectivity index (χ3v) is 9.51. The Hall–Kier alpha value is -1.18. The molecule has 7 nitrogen and oxygen atoms in total. The van der Waals surface area contributed by atoms with Gasteiger partial charge in [0.15, 0.2) is 0 Å². The summed E-state index contributed by atoms with van der Waals surface area (Å²) in [6, 6.07) is 0.581. The van der Waals surface area contributed by atoms with E-state index in [1.165, 1.54) is 38.8 Å². The number of hydrogen-bond donors (Lipinski definition) is 2. The lowest BCUT2D eigenvalue weighted by Gasteiger charge is -2.41. The summed E-state index contributed by atoms with van der Waals surface area (Å²) >= 11 is 0. The standard InChI is InChI=1S/C26H44N4O3/c1-3-8-25(2)11-12-30-18-21(27-22(30)17-25)19-4-6-20(7-5-19)23(31)28-13-15-29(16-14-28)24(32)26(33)9-10-26/h19-22,27,33H,3-18H2,1-2H3. The van der Waals surface area contributed by atoms with Crippen molar-refractivity contribution in [2.75, 3.05) is 39.3 Å². The van der Waals surface area contributed by atoms with Crippen molar-refractivity contribution in [3.63, 3.8) is 0 Å². The average Bonchev–Trinajstić information content (AvgIpc) is 3.44. The number of fused-ring (bicyclic) bond motifs is 1. The number of hydrogen-bond acceptors (Lipinski definition) is 5. The zero-order valence-electron chi connectivity index (χ0n) is 20.7. The lowest BCUT2D eigenvalue weighted by molar-refractivity contribution is -0.148. The summed E-state index contributed by atoms with van der Waals surface area (Å²) in [6.07, 6.45) is 11.2. The van der Waals surface area contributed by atoms with Gasteiger partial charge in [0.2, 0.25) is 5.91 Å². The van der Waals surface area contributed by atoms with Gasteiger partial charge in [-0.1, -0.05) is 20.3 Å². The largest absolute Gasteiger partial charge is 0.380 e. The number of amides is 2. The number of carbonyl (C=O) groups excluding carboxylic acids is 2. The van der Waals surface area contributed by atoms with Gasteiger partial charge < -0.3 is 14.9 Å². The van der Waals surface area contributed by atoms with Gasteiger partial charge in [-0.3, -0.25) is 19.8 Å². The molecule has 0 aromatic carbocycles. The van der Waals surface area contributed by atoms with Gasteiger partial charge in [0.05, 0.1) is 6.17 Å².